The van der Waals surface area contributed by atoms with Gasteiger partial charge in [-0.05, 0) is 55.6 Å². The molecule has 2 aromatic carbocycles. The smallest absolute Gasteiger partial charge is 0.430 e. The quantitative estimate of drug-likeness (QED) is 0.474. The molecule has 10 heteroatoms. The molecule has 2 fully saturated rings. The fourth-order valence-electron chi connectivity index (χ4n) is 5.47. The molecule has 0 radical (unpaired) electrons. The molecule has 7 nitrogen and oxygen atoms in total. The van der Waals surface area contributed by atoms with Crippen molar-refractivity contribution in [2.45, 2.75) is 37.5 Å². The molecule has 2 aliphatic rings. The van der Waals surface area contributed by atoms with Crippen LogP contribution in [-0.2, 0) is 10.4 Å². The molecule has 39 heavy (non-hydrogen) atoms. The Morgan fingerprint density at radius 1 is 1.13 bits per heavy atom. The van der Waals surface area contributed by atoms with Crippen molar-refractivity contribution in [3.63, 3.8) is 0 Å². The van der Waals surface area contributed by atoms with Crippen LogP contribution in [-0.4, -0.2) is 66.7 Å². The number of aliphatic hydroxyl groups is 1. The van der Waals surface area contributed by atoms with E-state index in [2.05, 4.69) is 4.85 Å². The number of halogens is 3. The van der Waals surface area contributed by atoms with Crippen LogP contribution in [0.2, 0.25) is 0 Å². The van der Waals surface area contributed by atoms with Gasteiger partial charge in [0.25, 0.3) is 11.5 Å². The third-order valence-electron chi connectivity index (χ3n) is 7.80. The average Bonchev–Trinajstić information content (AvgIpc) is 3.71. The number of rotatable bonds is 8. The van der Waals surface area contributed by atoms with Gasteiger partial charge in [0.1, 0.15) is 5.75 Å². The van der Waals surface area contributed by atoms with E-state index < -0.39 is 23.2 Å². The summed E-state index contributed by atoms with van der Waals surface area (Å²) in [5.41, 5.74) is -3.48. The molecule has 1 aliphatic carbocycles. The first-order valence-electron chi connectivity index (χ1n) is 13.0. The summed E-state index contributed by atoms with van der Waals surface area (Å²) in [5.74, 6) is 0.126. The van der Waals surface area contributed by atoms with E-state index in [1.807, 2.05) is 0 Å². The lowest BCUT2D eigenvalue weighted by Gasteiger charge is -2.38. The van der Waals surface area contributed by atoms with Gasteiger partial charge >= 0.3 is 6.18 Å². The molecule has 0 bridgehead atoms. The number of piperidine rings is 1. The molecule has 1 aliphatic heterocycles. The first-order valence-corrected chi connectivity index (χ1v) is 13.0. The molecule has 1 heterocycles. The van der Waals surface area contributed by atoms with Gasteiger partial charge in [-0.2, -0.15) is 13.2 Å². The largest absolute Gasteiger partial charge is 0.495 e. The Kier molecular flexibility index (Phi) is 8.21. The van der Waals surface area contributed by atoms with Crippen LogP contribution in [0.4, 0.5) is 18.9 Å². The Bertz CT molecular complexity index is 1240. The summed E-state index contributed by atoms with van der Waals surface area (Å²) in [6.07, 6.45) is -2.15. The van der Waals surface area contributed by atoms with Crippen molar-refractivity contribution in [1.29, 1.82) is 0 Å². The lowest BCUT2D eigenvalue weighted by atomic mass is 9.87. The lowest BCUT2D eigenvalue weighted by Crippen LogP contribution is -2.57. The Morgan fingerprint density at radius 3 is 2.38 bits per heavy atom. The van der Waals surface area contributed by atoms with Crippen LogP contribution < -0.4 is 4.74 Å². The molecule has 1 saturated carbocycles. The van der Waals surface area contributed by atoms with Gasteiger partial charge in [0.2, 0.25) is 11.6 Å². The molecular formula is C29H32F3N3O4. The monoisotopic (exact) mass is 543 g/mol. The van der Waals surface area contributed by atoms with Crippen LogP contribution >= 0.6 is 0 Å². The molecule has 0 spiro atoms. The van der Waals surface area contributed by atoms with Crippen molar-refractivity contribution in [1.82, 2.24) is 9.80 Å². The number of likely N-dealkylation sites (tertiary alicyclic amines) is 1. The highest BCUT2D eigenvalue weighted by Gasteiger charge is 2.62. The first kappa shape index (κ1) is 28.4. The molecule has 3 atom stereocenters. The molecule has 1 saturated heterocycles. The molecular weight excluding hydrogens is 511 g/mol. The van der Waals surface area contributed by atoms with Gasteiger partial charge in [-0.25, -0.2) is 4.85 Å². The van der Waals surface area contributed by atoms with Crippen LogP contribution in [0, 0.1) is 24.3 Å². The summed E-state index contributed by atoms with van der Waals surface area (Å²) in [6.45, 7) is 8.16. The van der Waals surface area contributed by atoms with Gasteiger partial charge in [0, 0.05) is 38.3 Å². The topological polar surface area (TPSA) is 74.4 Å². The molecule has 1 N–H and O–H groups in total. The lowest BCUT2D eigenvalue weighted by molar-refractivity contribution is -0.262. The van der Waals surface area contributed by atoms with E-state index in [9.17, 15) is 27.9 Å². The number of carbonyl (C=O) groups excluding carboxylic acids is 2. The maximum absolute atomic E-state index is 13.9. The van der Waals surface area contributed by atoms with Crippen molar-refractivity contribution in [2.24, 2.45) is 17.8 Å². The number of carbonyl (C=O) groups is 2. The highest BCUT2D eigenvalue weighted by Crippen LogP contribution is 2.50. The summed E-state index contributed by atoms with van der Waals surface area (Å²) >= 11 is 0. The number of ether oxygens (including phenoxy) is 1. The Labute approximate surface area is 226 Å². The second kappa shape index (κ2) is 11.3. The zero-order valence-electron chi connectivity index (χ0n) is 21.9. The van der Waals surface area contributed by atoms with Crippen LogP contribution in [0.5, 0.6) is 5.75 Å². The summed E-state index contributed by atoms with van der Waals surface area (Å²) in [6, 6.07) is 11.4. The summed E-state index contributed by atoms with van der Waals surface area (Å²) < 4.78 is 47.5. The third-order valence-corrected chi connectivity index (χ3v) is 7.80. The number of hydrogen-bond acceptors (Lipinski definition) is 4. The second-order valence-electron chi connectivity index (χ2n) is 10.5. The van der Waals surface area contributed by atoms with Crippen molar-refractivity contribution in [3.8, 4) is 5.75 Å². The zero-order chi connectivity index (χ0) is 28.4. The van der Waals surface area contributed by atoms with Crippen LogP contribution in [0.25, 0.3) is 4.85 Å². The van der Waals surface area contributed by atoms with Gasteiger partial charge < -0.3 is 19.6 Å². The van der Waals surface area contributed by atoms with Crippen molar-refractivity contribution in [2.75, 3.05) is 33.8 Å². The maximum atomic E-state index is 13.9. The van der Waals surface area contributed by atoms with E-state index in [0.717, 1.165) is 29.9 Å². The molecule has 0 aromatic heterocycles. The Balaban J connectivity index is 1.27. The van der Waals surface area contributed by atoms with Gasteiger partial charge in [0.15, 0.2) is 0 Å². The summed E-state index contributed by atoms with van der Waals surface area (Å²) in [7, 11) is 3.25. The fraction of sp³-hybridized carbons (Fsp3) is 0.483. The Hall–Kier alpha value is -3.58. The molecule has 0 unspecified atom stereocenters. The normalized spacial score (nSPS) is 21.0. The van der Waals surface area contributed by atoms with Crippen LogP contribution in [0.3, 0.4) is 0 Å². The fourth-order valence-corrected chi connectivity index (χ4v) is 5.47. The number of alkyl halides is 3. The number of benzene rings is 2. The maximum Gasteiger partial charge on any atom is 0.430 e. The van der Waals surface area contributed by atoms with Gasteiger partial charge in [0.05, 0.1) is 13.2 Å². The molecule has 2 aromatic rings. The number of amides is 2. The van der Waals surface area contributed by atoms with E-state index in [1.165, 1.54) is 23.1 Å². The average molecular weight is 544 g/mol. The number of nitrogens with zero attached hydrogens (tertiary/aromatic N) is 3. The SMILES string of the molecule is [C-]#[N+]c1cc(OCC[C@H]2C[C@H]2C2CCN(C(=O)[C@](O)(c3ccccc3)C(F)(F)F)CC2)ccc1C(=O)N(C)C. The second-order valence-corrected chi connectivity index (χ2v) is 10.5. The summed E-state index contributed by atoms with van der Waals surface area (Å²) in [4.78, 5) is 31.1. The van der Waals surface area contributed by atoms with E-state index in [0.29, 0.717) is 48.5 Å². The highest BCUT2D eigenvalue weighted by atomic mass is 19.4. The predicted molar refractivity (Wildman–Crippen MR) is 138 cm³/mol. The van der Waals surface area contributed by atoms with Gasteiger partial charge in [-0.15, -0.1) is 0 Å². The van der Waals surface area contributed by atoms with E-state index >= 15 is 0 Å². The Morgan fingerprint density at radius 2 is 1.79 bits per heavy atom. The molecule has 4 rings (SSSR count). The summed E-state index contributed by atoms with van der Waals surface area (Å²) in [5, 5.41) is 10.6. The highest BCUT2D eigenvalue weighted by molar-refractivity contribution is 5.99. The predicted octanol–water partition coefficient (Wildman–Crippen LogP) is 5.03. The van der Waals surface area contributed by atoms with Crippen LogP contribution in [0.1, 0.15) is 41.6 Å². The first-order chi connectivity index (χ1) is 18.5. The van der Waals surface area contributed by atoms with Gasteiger partial charge in [-0.3, -0.25) is 9.59 Å². The number of hydrogen-bond donors (Lipinski definition) is 1. The molecule has 208 valence electrons. The van der Waals surface area contributed by atoms with E-state index in [1.54, 1.807) is 32.3 Å². The zero-order valence-corrected chi connectivity index (χ0v) is 21.9. The van der Waals surface area contributed by atoms with E-state index in [-0.39, 0.29) is 24.7 Å². The van der Waals surface area contributed by atoms with Crippen molar-refractivity contribution in [3.05, 3.63) is 71.1 Å². The minimum absolute atomic E-state index is 0.172. The van der Waals surface area contributed by atoms with Crippen molar-refractivity contribution < 1.29 is 32.6 Å². The van der Waals surface area contributed by atoms with Crippen molar-refractivity contribution >= 4 is 17.5 Å². The minimum atomic E-state index is -5.14. The minimum Gasteiger partial charge on any atom is -0.495 e. The van der Waals surface area contributed by atoms with Gasteiger partial charge in [-0.1, -0.05) is 36.4 Å². The standard InChI is InChI=1S/C29H32F3N3O4/c1-33-25-18-22(9-10-23(25)26(36)34(2)3)39-16-13-20-17-24(20)19-11-14-35(15-12-19)27(37)28(38,29(30,31)32)21-7-5-4-6-8-21/h4-10,18-20,24,38H,11-17H2,2-3H3/t20-,24-,28+/m0/s1. The third kappa shape index (κ3) is 5.88. The molecule has 2 amide bonds. The van der Waals surface area contributed by atoms with Crippen LogP contribution in [0.15, 0.2) is 48.5 Å². The van der Waals surface area contributed by atoms with E-state index in [4.69, 9.17) is 11.3 Å².